The maximum atomic E-state index is 12.3. The van der Waals surface area contributed by atoms with Crippen LogP contribution < -0.4 is 11.1 Å². The third kappa shape index (κ3) is 11.3. The number of rotatable bonds is 4. The summed E-state index contributed by atoms with van der Waals surface area (Å²) in [5, 5.41) is 23.8. The van der Waals surface area contributed by atoms with Crippen LogP contribution in [-0.4, -0.2) is 62.7 Å². The number of benzene rings is 2. The molecule has 0 fully saturated rings. The van der Waals surface area contributed by atoms with Gasteiger partial charge in [0.1, 0.15) is 0 Å². The minimum absolute atomic E-state index is 0.173. The standard InChI is InChI=1S/C18H19N5O.2C2HF3O2/c1-23(12-13-3-2-4-16(19)9-13)18(24)22-17-7-5-14(6-8-17)15-10-20-21-11-15;2*3-2(4,5)1(6)7/h2-11H,12,19H2,1H3,(H,20,21)(H,22,24);2*(H,6,7). The number of aromatic amines is 1. The number of aromatic nitrogens is 2. The fraction of sp³-hybridized carbons (Fsp3) is 0.182. The number of anilines is 2. The van der Waals surface area contributed by atoms with Crippen LogP contribution in [0.4, 0.5) is 42.5 Å². The van der Waals surface area contributed by atoms with Crippen LogP contribution in [0.1, 0.15) is 5.56 Å². The van der Waals surface area contributed by atoms with Gasteiger partial charge in [-0.2, -0.15) is 31.4 Å². The molecule has 0 atom stereocenters. The molecule has 3 rings (SSSR count). The first kappa shape index (κ1) is 31.3. The Balaban J connectivity index is 0.000000426. The Hall–Kier alpha value is -4.76. The van der Waals surface area contributed by atoms with Gasteiger partial charge in [-0.15, -0.1) is 0 Å². The van der Waals surface area contributed by atoms with E-state index in [0.29, 0.717) is 12.2 Å². The largest absolute Gasteiger partial charge is 0.490 e. The molecule has 0 saturated carbocycles. The van der Waals surface area contributed by atoms with E-state index in [9.17, 15) is 31.1 Å². The zero-order valence-electron chi connectivity index (χ0n) is 19.3. The van der Waals surface area contributed by atoms with Crippen molar-refractivity contribution in [1.29, 1.82) is 0 Å². The van der Waals surface area contributed by atoms with Gasteiger partial charge in [-0.1, -0.05) is 24.3 Å². The number of urea groups is 1. The Morgan fingerprint density at radius 2 is 1.47 bits per heavy atom. The van der Waals surface area contributed by atoms with Crippen molar-refractivity contribution in [3.8, 4) is 11.1 Å². The Kier molecular flexibility index (Phi) is 11.1. The molecule has 2 amide bonds. The quantitative estimate of drug-likeness (QED) is 0.235. The van der Waals surface area contributed by atoms with Crippen LogP contribution in [0.15, 0.2) is 60.9 Å². The second-order valence-corrected chi connectivity index (χ2v) is 7.20. The van der Waals surface area contributed by atoms with Gasteiger partial charge < -0.3 is 26.2 Å². The maximum absolute atomic E-state index is 12.3. The van der Waals surface area contributed by atoms with Crippen LogP contribution in [0, 0.1) is 0 Å². The molecular formula is C22H21F6N5O5. The number of nitrogens with two attached hydrogens (primary N) is 1. The summed E-state index contributed by atoms with van der Waals surface area (Å²) in [4.78, 5) is 31.7. The number of nitrogens with zero attached hydrogens (tertiary/aromatic N) is 2. The van der Waals surface area contributed by atoms with Crippen LogP contribution in [-0.2, 0) is 16.1 Å². The molecule has 0 unspecified atom stereocenters. The van der Waals surface area contributed by atoms with Crippen LogP contribution >= 0.6 is 0 Å². The second kappa shape index (κ2) is 13.5. The minimum Gasteiger partial charge on any atom is -0.475 e. The summed E-state index contributed by atoms with van der Waals surface area (Å²) in [5.41, 5.74) is 10.2. The monoisotopic (exact) mass is 549 g/mol. The van der Waals surface area contributed by atoms with Crippen LogP contribution in [0.25, 0.3) is 11.1 Å². The molecule has 10 nitrogen and oxygen atoms in total. The lowest BCUT2D eigenvalue weighted by Gasteiger charge is -2.18. The van der Waals surface area contributed by atoms with E-state index in [1.54, 1.807) is 18.1 Å². The lowest BCUT2D eigenvalue weighted by atomic mass is 10.1. The first-order valence-electron chi connectivity index (χ1n) is 10.1. The number of hydrogen-bond acceptors (Lipinski definition) is 5. The fourth-order valence-corrected chi connectivity index (χ4v) is 2.41. The molecule has 2 aromatic carbocycles. The Morgan fingerprint density at radius 3 is 1.89 bits per heavy atom. The highest BCUT2D eigenvalue weighted by Gasteiger charge is 2.38. The number of carbonyl (C=O) groups is 3. The maximum Gasteiger partial charge on any atom is 0.490 e. The van der Waals surface area contributed by atoms with E-state index >= 15 is 0 Å². The van der Waals surface area contributed by atoms with E-state index in [0.717, 1.165) is 22.4 Å². The van der Waals surface area contributed by atoms with E-state index in [1.807, 2.05) is 54.7 Å². The summed E-state index contributed by atoms with van der Waals surface area (Å²) in [6, 6.07) is 15.0. The molecule has 3 aromatic rings. The Labute approximate surface area is 210 Å². The highest BCUT2D eigenvalue weighted by molar-refractivity contribution is 5.89. The summed E-state index contributed by atoms with van der Waals surface area (Å²) >= 11 is 0. The van der Waals surface area contributed by atoms with Crippen molar-refractivity contribution in [3.63, 3.8) is 0 Å². The average molecular weight is 549 g/mol. The molecule has 0 spiro atoms. The van der Waals surface area contributed by atoms with Gasteiger partial charge >= 0.3 is 30.3 Å². The number of nitrogens with one attached hydrogen (secondary N) is 2. The number of carbonyl (C=O) groups excluding carboxylic acids is 1. The van der Waals surface area contributed by atoms with E-state index in [4.69, 9.17) is 25.5 Å². The third-order valence-electron chi connectivity index (χ3n) is 4.17. The molecule has 206 valence electrons. The molecule has 0 aliphatic rings. The molecule has 1 heterocycles. The van der Waals surface area contributed by atoms with Gasteiger partial charge in [-0.3, -0.25) is 5.10 Å². The zero-order valence-corrected chi connectivity index (χ0v) is 19.3. The highest BCUT2D eigenvalue weighted by Crippen LogP contribution is 2.20. The number of aliphatic carboxylic acids is 2. The zero-order chi connectivity index (χ0) is 29.1. The lowest BCUT2D eigenvalue weighted by Crippen LogP contribution is -2.30. The molecule has 0 aliphatic carbocycles. The number of nitrogen functional groups attached to an aromatic ring is 1. The Morgan fingerprint density at radius 1 is 0.947 bits per heavy atom. The first-order chi connectivity index (χ1) is 17.5. The predicted molar refractivity (Wildman–Crippen MR) is 123 cm³/mol. The molecular weight excluding hydrogens is 528 g/mol. The van der Waals surface area contributed by atoms with Gasteiger partial charge in [0.2, 0.25) is 0 Å². The molecule has 0 aliphatic heterocycles. The highest BCUT2D eigenvalue weighted by atomic mass is 19.4. The van der Waals surface area contributed by atoms with E-state index < -0.39 is 24.3 Å². The second-order valence-electron chi connectivity index (χ2n) is 7.20. The van der Waals surface area contributed by atoms with Crippen LogP contribution in [0.2, 0.25) is 0 Å². The number of amides is 2. The van der Waals surface area contributed by atoms with Crippen molar-refractivity contribution in [2.75, 3.05) is 18.1 Å². The van der Waals surface area contributed by atoms with Gasteiger partial charge in [-0.25, -0.2) is 14.4 Å². The molecule has 0 radical (unpaired) electrons. The summed E-state index contributed by atoms with van der Waals surface area (Å²) in [5.74, 6) is -5.51. The van der Waals surface area contributed by atoms with Crippen molar-refractivity contribution in [3.05, 3.63) is 66.5 Å². The number of carboxylic acid groups (broad SMARTS) is 2. The summed E-state index contributed by atoms with van der Waals surface area (Å²) in [6.45, 7) is 0.490. The number of H-pyrrole nitrogens is 1. The molecule has 0 saturated heterocycles. The normalized spacial score (nSPS) is 10.7. The van der Waals surface area contributed by atoms with Gasteiger partial charge in [0.15, 0.2) is 0 Å². The Bertz CT molecular complexity index is 1170. The van der Waals surface area contributed by atoms with Crippen LogP contribution in [0.5, 0.6) is 0 Å². The third-order valence-corrected chi connectivity index (χ3v) is 4.17. The smallest absolute Gasteiger partial charge is 0.475 e. The summed E-state index contributed by atoms with van der Waals surface area (Å²) in [7, 11) is 1.75. The number of alkyl halides is 6. The topological polar surface area (TPSA) is 162 Å². The summed E-state index contributed by atoms with van der Waals surface area (Å²) in [6.07, 6.45) is -6.58. The van der Waals surface area contributed by atoms with Gasteiger partial charge in [0.25, 0.3) is 0 Å². The number of carboxylic acids is 2. The van der Waals surface area contributed by atoms with Crippen molar-refractivity contribution in [2.45, 2.75) is 18.9 Å². The van der Waals surface area contributed by atoms with Crippen molar-refractivity contribution in [2.24, 2.45) is 0 Å². The minimum atomic E-state index is -5.08. The van der Waals surface area contributed by atoms with Crippen molar-refractivity contribution >= 4 is 29.3 Å². The fourth-order valence-electron chi connectivity index (χ4n) is 2.41. The van der Waals surface area contributed by atoms with Crippen molar-refractivity contribution in [1.82, 2.24) is 15.1 Å². The molecule has 1 aromatic heterocycles. The van der Waals surface area contributed by atoms with Gasteiger partial charge in [0.05, 0.1) is 6.20 Å². The van der Waals surface area contributed by atoms with Crippen molar-refractivity contribution < 1.29 is 50.9 Å². The molecule has 0 bridgehead atoms. The first-order valence-corrected chi connectivity index (χ1v) is 10.1. The molecule has 38 heavy (non-hydrogen) atoms. The van der Waals surface area contributed by atoms with E-state index in [1.165, 1.54) is 0 Å². The lowest BCUT2D eigenvalue weighted by molar-refractivity contribution is -0.193. The van der Waals surface area contributed by atoms with Crippen LogP contribution in [0.3, 0.4) is 0 Å². The number of halogens is 6. The number of hydrogen-bond donors (Lipinski definition) is 5. The van der Waals surface area contributed by atoms with E-state index in [-0.39, 0.29) is 6.03 Å². The molecule has 6 N–H and O–H groups in total. The predicted octanol–water partition coefficient (Wildman–Crippen LogP) is 4.59. The van der Waals surface area contributed by atoms with E-state index in [2.05, 4.69) is 15.5 Å². The average Bonchev–Trinajstić information content (AvgIpc) is 3.34. The molecule has 16 heteroatoms. The summed E-state index contributed by atoms with van der Waals surface area (Å²) < 4.78 is 63.5. The van der Waals surface area contributed by atoms with Gasteiger partial charge in [-0.05, 0) is 35.4 Å². The SMILES string of the molecule is CN(Cc1cccc(N)c1)C(=O)Nc1ccc(-c2cn[nH]c2)cc1.O=C(O)C(F)(F)F.O=C(O)C(F)(F)F. The van der Waals surface area contributed by atoms with Gasteiger partial charge in [0, 0.05) is 36.7 Å².